The number of benzene rings is 2. The van der Waals surface area contributed by atoms with E-state index in [4.69, 9.17) is 9.47 Å². The van der Waals surface area contributed by atoms with Crippen molar-refractivity contribution in [2.45, 2.75) is 32.0 Å². The summed E-state index contributed by atoms with van der Waals surface area (Å²) in [6, 6.07) is 12.1. The number of aromatic nitrogens is 4. The number of hydrogen-bond donors (Lipinski definition) is 2. The summed E-state index contributed by atoms with van der Waals surface area (Å²) in [5, 5.41) is 18.3. The average Bonchev–Trinajstić information content (AvgIpc) is 3.32. The number of tetrazole rings is 1. The van der Waals surface area contributed by atoms with Gasteiger partial charge in [0, 0.05) is 11.4 Å². The molecule has 0 bridgehead atoms. The smallest absolute Gasteiger partial charge is 0.338 e. The van der Waals surface area contributed by atoms with Gasteiger partial charge in [-0.2, -0.15) is 4.68 Å². The third kappa shape index (κ3) is 5.29. The molecule has 1 atom stereocenters. The first-order valence-electron chi connectivity index (χ1n) is 11.0. The highest BCUT2D eigenvalue weighted by Crippen LogP contribution is 2.31. The summed E-state index contributed by atoms with van der Waals surface area (Å²) < 4.78 is 12.2. The summed E-state index contributed by atoms with van der Waals surface area (Å²) >= 11 is 1.31. The largest absolute Gasteiger partial charge is 0.497 e. The molecule has 2 N–H and O–H groups in total. The number of methoxy groups -OCH3 is 1. The van der Waals surface area contributed by atoms with E-state index < -0.39 is 18.0 Å². The highest BCUT2D eigenvalue weighted by atomic mass is 32.2. The van der Waals surface area contributed by atoms with Gasteiger partial charge in [-0.3, -0.25) is 0 Å². The van der Waals surface area contributed by atoms with Crippen molar-refractivity contribution >= 4 is 23.8 Å². The predicted molar refractivity (Wildman–Crippen MR) is 130 cm³/mol. The number of carbonyl (C=O) groups is 2. The number of thioether (sulfide) groups is 1. The molecule has 0 unspecified atom stereocenters. The second-order valence-electron chi connectivity index (χ2n) is 7.87. The lowest BCUT2D eigenvalue weighted by Crippen LogP contribution is -2.46. The molecular weight excluding hydrogens is 468 g/mol. The van der Waals surface area contributed by atoms with Crippen LogP contribution in [0.25, 0.3) is 5.69 Å². The first-order chi connectivity index (χ1) is 16.9. The van der Waals surface area contributed by atoms with Gasteiger partial charge in [0.15, 0.2) is 0 Å². The highest BCUT2D eigenvalue weighted by Gasteiger charge is 2.34. The molecule has 182 valence electrons. The van der Waals surface area contributed by atoms with E-state index in [1.165, 1.54) is 11.8 Å². The number of esters is 1. The Morgan fingerprint density at radius 1 is 1.17 bits per heavy atom. The van der Waals surface area contributed by atoms with Gasteiger partial charge in [-0.05, 0) is 66.1 Å². The van der Waals surface area contributed by atoms with Crippen molar-refractivity contribution < 1.29 is 19.1 Å². The molecule has 0 saturated heterocycles. The van der Waals surface area contributed by atoms with E-state index in [1.807, 2.05) is 32.0 Å². The number of rotatable bonds is 8. The first kappa shape index (κ1) is 24.3. The normalized spacial score (nSPS) is 15.4. The molecule has 2 amide bonds. The fourth-order valence-corrected chi connectivity index (χ4v) is 4.58. The van der Waals surface area contributed by atoms with Crippen molar-refractivity contribution in [2.75, 3.05) is 19.5 Å². The van der Waals surface area contributed by atoms with Gasteiger partial charge in [0.25, 0.3) is 0 Å². The molecule has 1 aromatic heterocycles. The molecule has 0 aliphatic carbocycles. The summed E-state index contributed by atoms with van der Waals surface area (Å²) in [5.74, 6) is 0.412. The molecule has 11 heteroatoms. The highest BCUT2D eigenvalue weighted by molar-refractivity contribution is 7.99. The molecule has 35 heavy (non-hydrogen) atoms. The van der Waals surface area contributed by atoms with Crippen LogP contribution in [0.4, 0.5) is 4.79 Å². The van der Waals surface area contributed by atoms with Gasteiger partial charge >= 0.3 is 12.0 Å². The van der Waals surface area contributed by atoms with Gasteiger partial charge in [0.2, 0.25) is 5.16 Å². The number of ether oxygens (including phenoxy) is 2. The Hall–Kier alpha value is -3.86. The van der Waals surface area contributed by atoms with Crippen molar-refractivity contribution in [1.29, 1.82) is 0 Å². The monoisotopic (exact) mass is 494 g/mol. The molecule has 0 radical (unpaired) electrons. The van der Waals surface area contributed by atoms with Crippen LogP contribution in [0.5, 0.6) is 5.75 Å². The SMILES string of the molecule is CCOC(=O)C1=C(CSc2nnnn2-c2cc(C)ccc2C)NC(=O)N[C@H]1c1ccc(OC)cc1. The Labute approximate surface area is 207 Å². The van der Waals surface area contributed by atoms with Crippen LogP contribution in [0.3, 0.4) is 0 Å². The molecule has 2 aromatic carbocycles. The van der Waals surface area contributed by atoms with Crippen LogP contribution in [0, 0.1) is 13.8 Å². The zero-order valence-corrected chi connectivity index (χ0v) is 20.7. The Kier molecular flexibility index (Phi) is 7.35. The fraction of sp³-hybridized carbons (Fsp3) is 0.292. The Bertz CT molecular complexity index is 1270. The first-order valence-corrected chi connectivity index (χ1v) is 12.0. The van der Waals surface area contributed by atoms with Gasteiger partial charge in [0.05, 0.1) is 31.0 Å². The Morgan fingerprint density at radius 3 is 2.66 bits per heavy atom. The number of aryl methyl sites for hydroxylation is 2. The Morgan fingerprint density at radius 2 is 1.94 bits per heavy atom. The van der Waals surface area contributed by atoms with Crippen LogP contribution < -0.4 is 15.4 Å². The van der Waals surface area contributed by atoms with E-state index in [-0.39, 0.29) is 12.4 Å². The van der Waals surface area contributed by atoms with E-state index in [2.05, 4.69) is 26.2 Å². The van der Waals surface area contributed by atoms with Crippen LogP contribution >= 0.6 is 11.8 Å². The number of nitrogens with zero attached hydrogens (tertiary/aromatic N) is 4. The molecule has 10 nitrogen and oxygen atoms in total. The summed E-state index contributed by atoms with van der Waals surface area (Å²) in [6.45, 7) is 5.93. The van der Waals surface area contributed by atoms with Crippen molar-refractivity contribution in [3.05, 3.63) is 70.4 Å². The van der Waals surface area contributed by atoms with Crippen molar-refractivity contribution in [2.24, 2.45) is 0 Å². The van der Waals surface area contributed by atoms with Crippen molar-refractivity contribution in [3.8, 4) is 11.4 Å². The molecule has 0 saturated carbocycles. The lowest BCUT2D eigenvalue weighted by Gasteiger charge is -2.29. The minimum Gasteiger partial charge on any atom is -0.497 e. The minimum absolute atomic E-state index is 0.205. The van der Waals surface area contributed by atoms with E-state index >= 15 is 0 Å². The number of carbonyl (C=O) groups excluding carboxylic acids is 2. The zero-order chi connectivity index (χ0) is 24.9. The standard InChI is InChI=1S/C24H26N6O4S/c1-5-34-22(31)20-18(25-23(32)26-21(20)16-8-10-17(33-4)11-9-16)13-35-24-27-28-29-30(24)19-12-14(2)6-7-15(19)3/h6-12,21H,5,13H2,1-4H3,(H2,25,26,32)/t21-/m0/s1. The number of amides is 2. The third-order valence-electron chi connectivity index (χ3n) is 5.48. The summed E-state index contributed by atoms with van der Waals surface area (Å²) in [4.78, 5) is 25.6. The second kappa shape index (κ2) is 10.6. The zero-order valence-electron chi connectivity index (χ0n) is 19.9. The van der Waals surface area contributed by atoms with Gasteiger partial charge in [-0.15, -0.1) is 5.10 Å². The number of nitrogens with one attached hydrogen (secondary N) is 2. The maximum atomic E-state index is 13.0. The third-order valence-corrected chi connectivity index (χ3v) is 6.42. The van der Waals surface area contributed by atoms with Gasteiger partial charge in [-0.1, -0.05) is 36.0 Å². The molecule has 4 rings (SSSR count). The number of hydrogen-bond acceptors (Lipinski definition) is 8. The van der Waals surface area contributed by atoms with Crippen molar-refractivity contribution in [3.63, 3.8) is 0 Å². The molecule has 0 spiro atoms. The summed E-state index contributed by atoms with van der Waals surface area (Å²) in [6.07, 6.45) is 0. The van der Waals surface area contributed by atoms with Gasteiger partial charge < -0.3 is 20.1 Å². The van der Waals surface area contributed by atoms with E-state index in [0.29, 0.717) is 22.2 Å². The molecule has 1 aliphatic rings. The van der Waals surface area contributed by atoms with Crippen LogP contribution in [0.1, 0.15) is 29.7 Å². The van der Waals surface area contributed by atoms with Crippen LogP contribution in [-0.4, -0.2) is 51.7 Å². The quantitative estimate of drug-likeness (QED) is 0.362. The summed E-state index contributed by atoms with van der Waals surface area (Å²) in [5.41, 5.74) is 4.46. The van der Waals surface area contributed by atoms with E-state index in [0.717, 1.165) is 22.4 Å². The van der Waals surface area contributed by atoms with E-state index in [9.17, 15) is 9.59 Å². The molecule has 2 heterocycles. The molecule has 3 aromatic rings. The lowest BCUT2D eigenvalue weighted by atomic mass is 9.95. The topological polar surface area (TPSA) is 120 Å². The lowest BCUT2D eigenvalue weighted by molar-refractivity contribution is -0.139. The average molecular weight is 495 g/mol. The molecular formula is C24H26N6O4S. The van der Waals surface area contributed by atoms with Gasteiger partial charge in [-0.25, -0.2) is 9.59 Å². The molecule has 0 fully saturated rings. The van der Waals surface area contributed by atoms with E-state index in [1.54, 1.807) is 43.0 Å². The fourth-order valence-electron chi connectivity index (χ4n) is 3.73. The van der Waals surface area contributed by atoms with Gasteiger partial charge in [0.1, 0.15) is 5.75 Å². The second-order valence-corrected chi connectivity index (χ2v) is 8.81. The Balaban J connectivity index is 1.68. The predicted octanol–water partition coefficient (Wildman–Crippen LogP) is 3.25. The maximum Gasteiger partial charge on any atom is 0.338 e. The molecule has 1 aliphatic heterocycles. The minimum atomic E-state index is -0.681. The van der Waals surface area contributed by atoms with Crippen LogP contribution in [0.15, 0.2) is 58.9 Å². The van der Waals surface area contributed by atoms with Crippen LogP contribution in [-0.2, 0) is 9.53 Å². The number of urea groups is 1. The van der Waals surface area contributed by atoms with Crippen molar-refractivity contribution in [1.82, 2.24) is 30.8 Å². The van der Waals surface area contributed by atoms with Crippen LogP contribution in [0.2, 0.25) is 0 Å². The summed E-state index contributed by atoms with van der Waals surface area (Å²) in [7, 11) is 1.58. The maximum absolute atomic E-state index is 13.0.